The van der Waals surface area contributed by atoms with Crippen LogP contribution < -0.4 is 15.0 Å². The van der Waals surface area contributed by atoms with Gasteiger partial charge in [-0.1, -0.05) is 30.1 Å². The smallest absolute Gasteiger partial charge is 0.125 e. The molecule has 0 spiro atoms. The summed E-state index contributed by atoms with van der Waals surface area (Å²) >= 11 is 11.2. The predicted octanol–water partition coefficient (Wildman–Crippen LogP) is 5.83. The molecule has 0 unspecified atom stereocenters. The monoisotopic (exact) mass is 431 g/mol. The molecule has 0 aliphatic rings. The van der Waals surface area contributed by atoms with Crippen LogP contribution in [-0.2, 0) is 16.0 Å². The van der Waals surface area contributed by atoms with Crippen LogP contribution in [0.15, 0.2) is 35.2 Å². The fourth-order valence-electron chi connectivity index (χ4n) is 2.24. The van der Waals surface area contributed by atoms with Crippen LogP contribution in [0, 0.1) is 6.92 Å². The third kappa shape index (κ3) is 10.7. The average molecular weight is 432 g/mol. The molecule has 1 aromatic rings. The fraction of sp³-hybridized carbons (Fsp3) is 0.524. The molecule has 0 fully saturated rings. The molecular weight excluding hydrogens is 401 g/mol. The van der Waals surface area contributed by atoms with E-state index in [-0.39, 0.29) is 10.1 Å². The number of halogens is 2. The maximum atomic E-state index is 5.97. The van der Waals surface area contributed by atoms with Gasteiger partial charge < -0.3 is 14.2 Å². The maximum Gasteiger partial charge on any atom is 0.125 e. The van der Waals surface area contributed by atoms with E-state index in [1.807, 2.05) is 39.8 Å². The van der Waals surface area contributed by atoms with E-state index in [0.717, 1.165) is 35.5 Å². The molecule has 0 saturated carbocycles. The van der Waals surface area contributed by atoms with E-state index in [2.05, 4.69) is 12.4 Å². The molecule has 158 valence electrons. The molecule has 0 radical (unpaired) electrons. The van der Waals surface area contributed by atoms with Crippen LogP contribution in [0.3, 0.4) is 0 Å². The van der Waals surface area contributed by atoms with Crippen molar-refractivity contribution in [1.29, 1.82) is 0 Å². The van der Waals surface area contributed by atoms with Gasteiger partial charge in [0, 0.05) is 6.42 Å². The summed E-state index contributed by atoms with van der Waals surface area (Å²) < 4.78 is 17.2. The average Bonchev–Trinajstić information content (AvgIpc) is 2.60. The summed E-state index contributed by atoms with van der Waals surface area (Å²) in [6, 6.07) is 3.93. The zero-order valence-electron chi connectivity index (χ0n) is 17.3. The van der Waals surface area contributed by atoms with Gasteiger partial charge in [-0.3, -0.25) is 10.3 Å². The molecule has 0 bridgehead atoms. The van der Waals surface area contributed by atoms with Gasteiger partial charge in [0.1, 0.15) is 28.9 Å². The molecule has 0 atom stereocenters. The van der Waals surface area contributed by atoms with Crippen molar-refractivity contribution in [1.82, 2.24) is 5.48 Å². The zero-order valence-corrected chi connectivity index (χ0v) is 18.8. The standard InChI is InChI=1S/C21H31Cl2NO4/c1-6-17-15-18(26-12-8-19(22)23)14-16(2)20(17)27-11-7-10-25-13-9-24-28-21(3,4)5/h8-9,13-15,24H,6-7,10-12H2,1-5H3. The van der Waals surface area contributed by atoms with E-state index in [4.69, 9.17) is 42.3 Å². The quantitative estimate of drug-likeness (QED) is 0.256. The zero-order chi connectivity index (χ0) is 21.0. The minimum atomic E-state index is -0.249. The first-order valence-electron chi connectivity index (χ1n) is 9.33. The van der Waals surface area contributed by atoms with E-state index in [9.17, 15) is 0 Å². The normalized spacial score (nSPS) is 11.4. The van der Waals surface area contributed by atoms with Crippen LogP contribution in [-0.4, -0.2) is 25.4 Å². The fourth-order valence-corrected chi connectivity index (χ4v) is 2.36. The van der Waals surface area contributed by atoms with Crippen LogP contribution in [0.2, 0.25) is 0 Å². The predicted molar refractivity (Wildman–Crippen MR) is 115 cm³/mol. The van der Waals surface area contributed by atoms with Crippen LogP contribution in [0.25, 0.3) is 0 Å². The number of benzene rings is 1. The Kier molecular flexibility index (Phi) is 11.2. The van der Waals surface area contributed by atoms with Crippen molar-refractivity contribution in [2.45, 2.75) is 53.1 Å². The molecule has 7 heteroatoms. The number of rotatable bonds is 12. The number of ether oxygens (including phenoxy) is 3. The van der Waals surface area contributed by atoms with Crippen molar-refractivity contribution in [3.63, 3.8) is 0 Å². The van der Waals surface area contributed by atoms with Gasteiger partial charge in [0.05, 0.1) is 25.0 Å². The van der Waals surface area contributed by atoms with E-state index in [1.54, 1.807) is 18.5 Å². The Hall–Kier alpha value is -1.56. The summed E-state index contributed by atoms with van der Waals surface area (Å²) in [6.07, 6.45) is 6.41. The van der Waals surface area contributed by atoms with Crippen LogP contribution in [0.4, 0.5) is 0 Å². The van der Waals surface area contributed by atoms with E-state index in [1.165, 1.54) is 0 Å². The Labute approximate surface area is 178 Å². The van der Waals surface area contributed by atoms with Gasteiger partial charge in [-0.25, -0.2) is 0 Å². The largest absolute Gasteiger partial charge is 0.499 e. The summed E-state index contributed by atoms with van der Waals surface area (Å²) in [6.45, 7) is 11.4. The highest BCUT2D eigenvalue weighted by molar-refractivity contribution is 6.55. The molecule has 5 nitrogen and oxygen atoms in total. The Morgan fingerprint density at radius 1 is 1.14 bits per heavy atom. The third-order valence-corrected chi connectivity index (χ3v) is 3.75. The van der Waals surface area contributed by atoms with Crippen molar-refractivity contribution in [2.75, 3.05) is 19.8 Å². The highest BCUT2D eigenvalue weighted by Crippen LogP contribution is 2.30. The van der Waals surface area contributed by atoms with E-state index in [0.29, 0.717) is 19.8 Å². The minimum absolute atomic E-state index is 0.196. The van der Waals surface area contributed by atoms with Gasteiger partial charge in [0.15, 0.2) is 0 Å². The Balaban J connectivity index is 2.41. The summed E-state index contributed by atoms with van der Waals surface area (Å²) in [5.41, 5.74) is 4.60. The summed E-state index contributed by atoms with van der Waals surface area (Å²) in [5.74, 6) is 1.67. The lowest BCUT2D eigenvalue weighted by Gasteiger charge is -2.17. The van der Waals surface area contributed by atoms with Gasteiger partial charge >= 0.3 is 0 Å². The first-order valence-corrected chi connectivity index (χ1v) is 10.1. The lowest BCUT2D eigenvalue weighted by molar-refractivity contribution is -0.0531. The summed E-state index contributed by atoms with van der Waals surface area (Å²) in [7, 11) is 0. The second kappa shape index (κ2) is 12.8. The number of hydrogen-bond donors (Lipinski definition) is 1. The Morgan fingerprint density at radius 2 is 1.89 bits per heavy atom. The van der Waals surface area contributed by atoms with Gasteiger partial charge in [-0.2, -0.15) is 0 Å². The number of aryl methyl sites for hydroxylation is 2. The molecule has 1 rings (SSSR count). The van der Waals surface area contributed by atoms with Gasteiger partial charge in [-0.15, -0.1) is 0 Å². The molecule has 0 amide bonds. The van der Waals surface area contributed by atoms with Crippen LogP contribution in [0.1, 0.15) is 45.2 Å². The number of hydrogen-bond acceptors (Lipinski definition) is 5. The van der Waals surface area contributed by atoms with Crippen molar-refractivity contribution in [3.8, 4) is 11.5 Å². The molecule has 1 N–H and O–H groups in total. The topological polar surface area (TPSA) is 49.0 Å². The van der Waals surface area contributed by atoms with Gasteiger partial charge in [-0.05, 0) is 63.5 Å². The minimum Gasteiger partial charge on any atom is -0.499 e. The summed E-state index contributed by atoms with van der Waals surface area (Å²) in [4.78, 5) is 5.33. The Morgan fingerprint density at radius 3 is 2.54 bits per heavy atom. The highest BCUT2D eigenvalue weighted by Gasteiger charge is 2.10. The van der Waals surface area contributed by atoms with Gasteiger partial charge in [0.2, 0.25) is 0 Å². The third-order valence-electron chi connectivity index (χ3n) is 3.44. The molecule has 0 heterocycles. The summed E-state index contributed by atoms with van der Waals surface area (Å²) in [5, 5.41) is 0. The molecule has 1 aromatic carbocycles. The van der Waals surface area contributed by atoms with Crippen LogP contribution in [0.5, 0.6) is 11.5 Å². The lowest BCUT2D eigenvalue weighted by atomic mass is 10.1. The molecule has 0 aliphatic carbocycles. The molecule has 0 saturated heterocycles. The van der Waals surface area contributed by atoms with Crippen LogP contribution >= 0.6 is 23.2 Å². The number of nitrogens with one attached hydrogen (secondary N) is 1. The first-order chi connectivity index (χ1) is 13.2. The van der Waals surface area contributed by atoms with E-state index >= 15 is 0 Å². The molecule has 0 aromatic heterocycles. The molecular formula is C21H31Cl2NO4. The number of hydroxylamine groups is 1. The van der Waals surface area contributed by atoms with Crippen molar-refractivity contribution in [3.05, 3.63) is 46.3 Å². The van der Waals surface area contributed by atoms with Crippen molar-refractivity contribution < 1.29 is 19.0 Å². The lowest BCUT2D eigenvalue weighted by Crippen LogP contribution is -2.25. The Bertz CT molecular complexity index is 651. The first kappa shape index (κ1) is 24.5. The van der Waals surface area contributed by atoms with Crippen molar-refractivity contribution in [2.24, 2.45) is 0 Å². The SMILES string of the molecule is CCc1cc(OCC=C(Cl)Cl)cc(C)c1OCCCOC=CNOC(C)(C)C. The van der Waals surface area contributed by atoms with Crippen molar-refractivity contribution >= 4 is 23.2 Å². The second-order valence-corrected chi connectivity index (χ2v) is 8.10. The van der Waals surface area contributed by atoms with E-state index < -0.39 is 0 Å². The van der Waals surface area contributed by atoms with Gasteiger partial charge in [0.25, 0.3) is 0 Å². The molecule has 28 heavy (non-hydrogen) atoms. The highest BCUT2D eigenvalue weighted by atomic mass is 35.5. The molecule has 0 aliphatic heterocycles. The second-order valence-electron chi connectivity index (χ2n) is 7.09. The maximum absolute atomic E-state index is 5.97.